The van der Waals surface area contributed by atoms with Crippen molar-refractivity contribution in [3.8, 4) is 0 Å². The van der Waals surface area contributed by atoms with Crippen LogP contribution in [-0.4, -0.2) is 20.4 Å². The molecule has 0 aromatic carbocycles. The average molecular weight is 361 g/mol. The molecular weight excluding hydrogens is 348 g/mol. The number of anilines is 1. The van der Waals surface area contributed by atoms with E-state index in [0.29, 0.717) is 11.1 Å². The van der Waals surface area contributed by atoms with Gasteiger partial charge in [0.25, 0.3) is 5.56 Å². The third-order valence-corrected chi connectivity index (χ3v) is 5.54. The molecule has 1 N–H and O–H groups in total. The quantitative estimate of drug-likeness (QED) is 0.728. The summed E-state index contributed by atoms with van der Waals surface area (Å²) in [6.45, 7) is -0.113. The highest BCUT2D eigenvalue weighted by Crippen LogP contribution is 2.34. The summed E-state index contributed by atoms with van der Waals surface area (Å²) in [5, 5.41) is 3.54. The van der Waals surface area contributed by atoms with Crippen LogP contribution >= 0.6 is 22.9 Å². The van der Waals surface area contributed by atoms with Crippen molar-refractivity contribution in [2.24, 2.45) is 0 Å². The standard InChI is InChI=1S/C16H13ClN4O2S/c17-14-10(4-2-6-18-14)20-12(22)7-21-8-19-15-13(16(21)23)9-3-1-5-11(9)24-15/h2,4,6,8H,1,3,5,7H2,(H,20,22). The fourth-order valence-electron chi connectivity index (χ4n) is 2.96. The molecule has 3 heterocycles. The lowest BCUT2D eigenvalue weighted by Gasteiger charge is -2.08. The smallest absolute Gasteiger partial charge is 0.262 e. The van der Waals surface area contributed by atoms with Crippen LogP contribution < -0.4 is 10.9 Å². The van der Waals surface area contributed by atoms with E-state index >= 15 is 0 Å². The van der Waals surface area contributed by atoms with Gasteiger partial charge in [-0.05, 0) is 37.0 Å². The summed E-state index contributed by atoms with van der Waals surface area (Å²) in [5.41, 5.74) is 1.37. The van der Waals surface area contributed by atoms with Crippen LogP contribution in [0.3, 0.4) is 0 Å². The molecule has 0 atom stereocenters. The van der Waals surface area contributed by atoms with Crippen LogP contribution in [0, 0.1) is 0 Å². The highest BCUT2D eigenvalue weighted by Gasteiger charge is 2.21. The van der Waals surface area contributed by atoms with Gasteiger partial charge in [-0.2, -0.15) is 0 Å². The fraction of sp³-hybridized carbons (Fsp3) is 0.250. The molecule has 3 aromatic heterocycles. The van der Waals surface area contributed by atoms with E-state index in [1.165, 1.54) is 22.0 Å². The Morgan fingerprint density at radius 3 is 3.08 bits per heavy atom. The number of carbonyl (C=O) groups excluding carboxylic acids is 1. The molecule has 1 aliphatic rings. The first-order valence-corrected chi connectivity index (χ1v) is 8.73. The van der Waals surface area contributed by atoms with Gasteiger partial charge in [0.15, 0.2) is 5.15 Å². The number of rotatable bonds is 3. The van der Waals surface area contributed by atoms with Crippen LogP contribution in [-0.2, 0) is 24.2 Å². The van der Waals surface area contributed by atoms with Crippen LogP contribution in [0.1, 0.15) is 16.9 Å². The fourth-order valence-corrected chi connectivity index (χ4v) is 4.34. The van der Waals surface area contributed by atoms with E-state index in [4.69, 9.17) is 11.6 Å². The number of nitrogens with zero attached hydrogens (tertiary/aromatic N) is 3. The summed E-state index contributed by atoms with van der Waals surface area (Å²) >= 11 is 7.51. The molecule has 0 saturated heterocycles. The number of amides is 1. The zero-order valence-electron chi connectivity index (χ0n) is 12.6. The topological polar surface area (TPSA) is 76.9 Å². The normalized spacial score (nSPS) is 13.2. The maximum Gasteiger partial charge on any atom is 0.262 e. The molecule has 1 aliphatic carbocycles. The molecule has 1 amide bonds. The molecule has 0 spiro atoms. The van der Waals surface area contributed by atoms with Crippen LogP contribution in [0.4, 0.5) is 5.69 Å². The lowest BCUT2D eigenvalue weighted by Crippen LogP contribution is -2.28. The Bertz CT molecular complexity index is 1010. The van der Waals surface area contributed by atoms with Crippen molar-refractivity contribution in [3.05, 3.63) is 50.6 Å². The number of carbonyl (C=O) groups is 1. The Morgan fingerprint density at radius 2 is 2.25 bits per heavy atom. The second-order valence-corrected chi connectivity index (χ2v) is 7.05. The van der Waals surface area contributed by atoms with E-state index in [9.17, 15) is 9.59 Å². The number of aromatic nitrogens is 3. The second kappa shape index (κ2) is 5.99. The van der Waals surface area contributed by atoms with Crippen molar-refractivity contribution in [2.45, 2.75) is 25.8 Å². The van der Waals surface area contributed by atoms with Gasteiger partial charge in [-0.25, -0.2) is 9.97 Å². The van der Waals surface area contributed by atoms with E-state index in [0.717, 1.165) is 29.7 Å². The van der Waals surface area contributed by atoms with Gasteiger partial charge in [0, 0.05) is 11.1 Å². The van der Waals surface area contributed by atoms with Gasteiger partial charge in [0.2, 0.25) is 5.91 Å². The Labute approximate surface area is 146 Å². The van der Waals surface area contributed by atoms with Crippen molar-refractivity contribution in [2.75, 3.05) is 5.32 Å². The number of fused-ring (bicyclic) bond motifs is 3. The number of halogens is 1. The predicted octanol–water partition coefficient (Wildman–Crippen LogP) is 2.63. The lowest BCUT2D eigenvalue weighted by atomic mass is 10.2. The molecule has 0 aliphatic heterocycles. The molecule has 0 radical (unpaired) electrons. The van der Waals surface area contributed by atoms with Gasteiger partial charge >= 0.3 is 0 Å². The average Bonchev–Trinajstić information content (AvgIpc) is 3.13. The van der Waals surface area contributed by atoms with Gasteiger partial charge in [0.1, 0.15) is 11.4 Å². The third-order valence-electron chi connectivity index (χ3n) is 4.04. The zero-order chi connectivity index (χ0) is 16.7. The van der Waals surface area contributed by atoms with E-state index < -0.39 is 0 Å². The minimum atomic E-state index is -0.347. The molecule has 0 fully saturated rings. The monoisotopic (exact) mass is 360 g/mol. The summed E-state index contributed by atoms with van der Waals surface area (Å²) < 4.78 is 1.34. The van der Waals surface area contributed by atoms with E-state index in [1.54, 1.807) is 23.5 Å². The van der Waals surface area contributed by atoms with Crippen LogP contribution in [0.15, 0.2) is 29.5 Å². The highest BCUT2D eigenvalue weighted by atomic mass is 35.5. The maximum absolute atomic E-state index is 12.7. The lowest BCUT2D eigenvalue weighted by molar-refractivity contribution is -0.116. The molecule has 24 heavy (non-hydrogen) atoms. The molecule has 6 nitrogen and oxygen atoms in total. The number of aryl methyl sites for hydroxylation is 2. The van der Waals surface area contributed by atoms with Gasteiger partial charge in [-0.15, -0.1) is 11.3 Å². The Kier molecular flexibility index (Phi) is 3.82. The number of pyridine rings is 1. The van der Waals surface area contributed by atoms with Crippen molar-refractivity contribution in [3.63, 3.8) is 0 Å². The molecule has 3 aromatic rings. The minimum absolute atomic E-state index is 0.113. The number of hydrogen-bond donors (Lipinski definition) is 1. The van der Waals surface area contributed by atoms with E-state index in [-0.39, 0.29) is 23.2 Å². The van der Waals surface area contributed by atoms with Crippen molar-refractivity contribution >= 4 is 44.7 Å². The highest BCUT2D eigenvalue weighted by molar-refractivity contribution is 7.18. The van der Waals surface area contributed by atoms with Crippen LogP contribution in [0.5, 0.6) is 0 Å². The Hall–Kier alpha value is -2.25. The molecule has 122 valence electrons. The molecule has 4 rings (SSSR count). The van der Waals surface area contributed by atoms with Crippen molar-refractivity contribution in [1.82, 2.24) is 14.5 Å². The molecule has 0 unspecified atom stereocenters. The maximum atomic E-state index is 12.7. The number of hydrogen-bond acceptors (Lipinski definition) is 5. The predicted molar refractivity (Wildman–Crippen MR) is 93.8 cm³/mol. The zero-order valence-corrected chi connectivity index (χ0v) is 14.2. The van der Waals surface area contributed by atoms with Gasteiger partial charge in [0.05, 0.1) is 17.4 Å². The summed E-state index contributed by atoms with van der Waals surface area (Å²) in [7, 11) is 0. The van der Waals surface area contributed by atoms with Gasteiger partial charge in [-0.3, -0.25) is 14.2 Å². The van der Waals surface area contributed by atoms with E-state index in [1.807, 2.05) is 0 Å². The second-order valence-electron chi connectivity index (χ2n) is 5.61. The van der Waals surface area contributed by atoms with Gasteiger partial charge < -0.3 is 5.32 Å². The summed E-state index contributed by atoms with van der Waals surface area (Å²) in [4.78, 5) is 35.2. The summed E-state index contributed by atoms with van der Waals surface area (Å²) in [6.07, 6.45) is 5.97. The SMILES string of the molecule is O=C(Cn1cnc2sc3c(c2c1=O)CCC3)Nc1cccnc1Cl. The van der Waals surface area contributed by atoms with Crippen LogP contribution in [0.2, 0.25) is 5.15 Å². The Morgan fingerprint density at radius 1 is 1.38 bits per heavy atom. The summed E-state index contributed by atoms with van der Waals surface area (Å²) in [6, 6.07) is 3.33. The number of thiophene rings is 1. The molecule has 8 heteroatoms. The first-order chi connectivity index (χ1) is 11.6. The van der Waals surface area contributed by atoms with Crippen molar-refractivity contribution < 1.29 is 4.79 Å². The van der Waals surface area contributed by atoms with Crippen LogP contribution in [0.25, 0.3) is 10.2 Å². The number of nitrogens with one attached hydrogen (secondary N) is 1. The van der Waals surface area contributed by atoms with Crippen molar-refractivity contribution in [1.29, 1.82) is 0 Å². The largest absolute Gasteiger partial charge is 0.322 e. The first-order valence-electron chi connectivity index (χ1n) is 7.53. The molecular formula is C16H13ClN4O2S. The van der Waals surface area contributed by atoms with E-state index in [2.05, 4.69) is 15.3 Å². The Balaban J connectivity index is 1.63. The third kappa shape index (κ3) is 2.59. The van der Waals surface area contributed by atoms with Gasteiger partial charge in [-0.1, -0.05) is 11.6 Å². The first kappa shape index (κ1) is 15.3. The summed E-state index contributed by atoms with van der Waals surface area (Å²) in [5.74, 6) is -0.347. The minimum Gasteiger partial charge on any atom is -0.322 e. The molecule has 0 bridgehead atoms. The molecule has 0 saturated carbocycles.